The molecule has 6 nitrogen and oxygen atoms in total. The van der Waals surface area contributed by atoms with E-state index in [-0.39, 0.29) is 24.3 Å². The zero-order valence-electron chi connectivity index (χ0n) is 13.8. The quantitative estimate of drug-likeness (QED) is 0.360. The van der Waals surface area contributed by atoms with Crippen LogP contribution in [-0.4, -0.2) is 60.2 Å². The van der Waals surface area contributed by atoms with Crippen LogP contribution in [0.4, 0.5) is 0 Å². The van der Waals surface area contributed by atoms with E-state index in [4.69, 9.17) is 20.9 Å². The molecule has 0 fully saturated rings. The van der Waals surface area contributed by atoms with Crippen molar-refractivity contribution in [3.8, 4) is 0 Å². The second-order valence-corrected chi connectivity index (χ2v) is 6.87. The molecule has 0 heterocycles. The Bertz CT molecular complexity index is 295. The van der Waals surface area contributed by atoms with Crippen LogP contribution in [0.1, 0.15) is 26.7 Å². The molecule has 2 unspecified atom stereocenters. The van der Waals surface area contributed by atoms with E-state index in [1.54, 1.807) is 37.4 Å². The van der Waals surface area contributed by atoms with E-state index >= 15 is 0 Å². The van der Waals surface area contributed by atoms with Gasteiger partial charge in [-0.3, -0.25) is 9.59 Å². The van der Waals surface area contributed by atoms with Gasteiger partial charge in [-0.15, -0.1) is 12.4 Å². The molecule has 0 aliphatic heterocycles. The van der Waals surface area contributed by atoms with Crippen molar-refractivity contribution in [3.05, 3.63) is 0 Å². The number of nitrogens with two attached hydrogens (primary N) is 2. The normalized spacial score (nSPS) is 12.9. The number of rotatable bonds is 13. The van der Waals surface area contributed by atoms with Crippen molar-refractivity contribution in [2.24, 2.45) is 11.5 Å². The highest BCUT2D eigenvalue weighted by Gasteiger charge is 2.14. The van der Waals surface area contributed by atoms with Crippen LogP contribution in [-0.2, 0) is 19.1 Å². The summed E-state index contributed by atoms with van der Waals surface area (Å²) < 4.78 is 9.69. The topological polar surface area (TPSA) is 105 Å². The molecule has 0 aliphatic carbocycles. The van der Waals surface area contributed by atoms with E-state index in [0.717, 1.165) is 24.3 Å². The van der Waals surface area contributed by atoms with E-state index < -0.39 is 12.1 Å². The number of carbonyl (C=O) groups is 2. The van der Waals surface area contributed by atoms with Crippen molar-refractivity contribution in [3.63, 3.8) is 0 Å². The van der Waals surface area contributed by atoms with Crippen molar-refractivity contribution in [2.45, 2.75) is 38.8 Å². The molecule has 0 saturated carbocycles. The predicted octanol–water partition coefficient (Wildman–Crippen LogP) is 1.44. The Hall–Kier alpha value is -0.150. The summed E-state index contributed by atoms with van der Waals surface area (Å²) in [5.41, 5.74) is 11.4. The van der Waals surface area contributed by atoms with Gasteiger partial charge < -0.3 is 20.9 Å². The van der Waals surface area contributed by atoms with Crippen molar-refractivity contribution in [1.29, 1.82) is 0 Å². The highest BCUT2D eigenvalue weighted by atomic mass is 35.5. The van der Waals surface area contributed by atoms with E-state index in [1.807, 2.05) is 0 Å². The summed E-state index contributed by atoms with van der Waals surface area (Å²) >= 11 is 3.31. The van der Waals surface area contributed by atoms with Gasteiger partial charge in [0.1, 0.15) is 12.1 Å². The summed E-state index contributed by atoms with van der Waals surface area (Å²) in [7, 11) is 0. The lowest BCUT2D eigenvalue weighted by Gasteiger charge is -2.10. The molecule has 0 saturated heterocycles. The summed E-state index contributed by atoms with van der Waals surface area (Å²) in [4.78, 5) is 22.6. The van der Waals surface area contributed by atoms with Crippen LogP contribution in [0.5, 0.6) is 0 Å². The summed E-state index contributed by atoms with van der Waals surface area (Å²) in [5, 5.41) is 0. The van der Waals surface area contributed by atoms with Crippen LogP contribution in [0, 0.1) is 0 Å². The molecule has 0 aromatic carbocycles. The minimum Gasteiger partial charge on any atom is -0.465 e. The number of ether oxygens (including phenoxy) is 2. The van der Waals surface area contributed by atoms with Gasteiger partial charge in [0.25, 0.3) is 0 Å². The smallest absolute Gasteiger partial charge is 0.323 e. The van der Waals surface area contributed by atoms with Gasteiger partial charge in [0.05, 0.1) is 13.2 Å². The van der Waals surface area contributed by atoms with Crippen LogP contribution in [0.3, 0.4) is 0 Å². The molecule has 23 heavy (non-hydrogen) atoms. The summed E-state index contributed by atoms with van der Waals surface area (Å²) in [6, 6.07) is -1.08. The molecular weight excluding hydrogens is 360 g/mol. The maximum atomic E-state index is 11.3. The van der Waals surface area contributed by atoms with Crippen molar-refractivity contribution in [1.82, 2.24) is 0 Å². The average Bonchev–Trinajstić information content (AvgIpc) is 2.49. The number of hydrogen-bond donors (Lipinski definition) is 2. The first-order chi connectivity index (χ1) is 10.5. The fourth-order valence-electron chi connectivity index (χ4n) is 1.46. The lowest BCUT2D eigenvalue weighted by molar-refractivity contribution is -0.144. The third-order valence-electron chi connectivity index (χ3n) is 2.60. The number of carbonyl (C=O) groups excluding carboxylic acids is 2. The SMILES string of the molecule is CCOC(=O)C(N)CSCCCCSCC(N)C(=O)OCC.Cl. The van der Waals surface area contributed by atoms with Gasteiger partial charge >= 0.3 is 11.9 Å². The van der Waals surface area contributed by atoms with Gasteiger partial charge in [-0.2, -0.15) is 23.5 Å². The zero-order valence-corrected chi connectivity index (χ0v) is 16.3. The number of hydrogen-bond acceptors (Lipinski definition) is 8. The first-order valence-corrected chi connectivity index (χ1v) is 9.83. The van der Waals surface area contributed by atoms with Gasteiger partial charge in [0.2, 0.25) is 0 Å². The number of esters is 2. The molecule has 0 amide bonds. The largest absolute Gasteiger partial charge is 0.465 e. The standard InChI is InChI=1S/C14H28N2O4S2.ClH/c1-3-19-13(17)11(15)9-21-7-5-6-8-22-10-12(16)14(18)20-4-2;/h11-12H,3-10,15-16H2,1-2H3;1H. The third-order valence-corrected chi connectivity index (χ3v) is 4.95. The number of unbranched alkanes of at least 4 members (excludes halogenated alkanes) is 1. The molecule has 4 N–H and O–H groups in total. The highest BCUT2D eigenvalue weighted by molar-refractivity contribution is 7.99. The Kier molecular flexibility index (Phi) is 18.2. The Morgan fingerprint density at radius 1 is 0.870 bits per heavy atom. The second-order valence-electron chi connectivity index (χ2n) is 4.57. The lowest BCUT2D eigenvalue weighted by atomic mass is 10.4. The summed E-state index contributed by atoms with van der Waals surface area (Å²) in [6.45, 7) is 4.26. The van der Waals surface area contributed by atoms with E-state index in [0.29, 0.717) is 24.7 Å². The van der Waals surface area contributed by atoms with Crippen LogP contribution in [0.15, 0.2) is 0 Å². The fourth-order valence-corrected chi connectivity index (χ4v) is 3.39. The average molecular weight is 389 g/mol. The molecule has 0 aromatic rings. The molecule has 9 heteroatoms. The first-order valence-electron chi connectivity index (χ1n) is 7.52. The van der Waals surface area contributed by atoms with Crippen molar-refractivity contribution < 1.29 is 19.1 Å². The summed E-state index contributed by atoms with van der Waals surface area (Å²) in [6.07, 6.45) is 2.09. The minimum absolute atomic E-state index is 0. The van der Waals surface area contributed by atoms with E-state index in [1.165, 1.54) is 0 Å². The molecule has 0 radical (unpaired) electrons. The van der Waals surface area contributed by atoms with Crippen molar-refractivity contribution in [2.75, 3.05) is 36.2 Å². The Morgan fingerprint density at radius 2 is 1.22 bits per heavy atom. The monoisotopic (exact) mass is 388 g/mol. The van der Waals surface area contributed by atoms with Gasteiger partial charge in [-0.1, -0.05) is 0 Å². The first kappa shape index (κ1) is 25.1. The zero-order chi connectivity index (χ0) is 16.8. The number of thioether (sulfide) groups is 2. The number of halogens is 1. The second kappa shape index (κ2) is 16.7. The summed E-state index contributed by atoms with van der Waals surface area (Å²) in [5.74, 6) is 2.41. The van der Waals surface area contributed by atoms with Crippen LogP contribution >= 0.6 is 35.9 Å². The van der Waals surface area contributed by atoms with Gasteiger partial charge in [-0.05, 0) is 38.2 Å². The molecule has 2 atom stereocenters. The molecule has 0 spiro atoms. The molecule has 0 bridgehead atoms. The molecule has 138 valence electrons. The third kappa shape index (κ3) is 13.9. The van der Waals surface area contributed by atoms with Crippen LogP contribution in [0.25, 0.3) is 0 Å². The van der Waals surface area contributed by atoms with Gasteiger partial charge in [0.15, 0.2) is 0 Å². The maximum Gasteiger partial charge on any atom is 0.323 e. The van der Waals surface area contributed by atoms with Crippen LogP contribution in [0.2, 0.25) is 0 Å². The molecule has 0 aromatic heterocycles. The van der Waals surface area contributed by atoms with E-state index in [9.17, 15) is 9.59 Å². The highest BCUT2D eigenvalue weighted by Crippen LogP contribution is 2.11. The Labute approximate surface area is 153 Å². The minimum atomic E-state index is -0.540. The lowest BCUT2D eigenvalue weighted by Crippen LogP contribution is -2.34. The van der Waals surface area contributed by atoms with Gasteiger partial charge in [0, 0.05) is 11.5 Å². The molecular formula is C14H29ClN2O4S2. The fraction of sp³-hybridized carbons (Fsp3) is 0.857. The molecule has 0 rings (SSSR count). The molecule has 0 aliphatic rings. The predicted molar refractivity (Wildman–Crippen MR) is 100 cm³/mol. The van der Waals surface area contributed by atoms with E-state index in [2.05, 4.69) is 0 Å². The Morgan fingerprint density at radius 3 is 1.52 bits per heavy atom. The Balaban J connectivity index is 0. The maximum absolute atomic E-state index is 11.3. The van der Waals surface area contributed by atoms with Gasteiger partial charge in [-0.25, -0.2) is 0 Å². The van der Waals surface area contributed by atoms with Crippen molar-refractivity contribution >= 4 is 47.9 Å². The van der Waals surface area contributed by atoms with Crippen LogP contribution < -0.4 is 11.5 Å².